The number of amides is 1. The molecule has 1 N–H and O–H groups in total. The molecule has 1 aromatic rings. The number of carbonyl (C=O) groups excluding carboxylic acids is 1. The summed E-state index contributed by atoms with van der Waals surface area (Å²) in [6.45, 7) is 2.40. The fourth-order valence-electron chi connectivity index (χ4n) is 2.00. The first kappa shape index (κ1) is 12.8. The molecule has 1 atom stereocenters. The van der Waals surface area contributed by atoms with Gasteiger partial charge in [0.1, 0.15) is 6.04 Å². The van der Waals surface area contributed by atoms with Gasteiger partial charge in [-0.3, -0.25) is 4.79 Å². The molecule has 1 aromatic heterocycles. The molecule has 0 aliphatic carbocycles. The van der Waals surface area contributed by atoms with E-state index in [1.807, 2.05) is 12.3 Å². The van der Waals surface area contributed by atoms with E-state index in [9.17, 15) is 9.59 Å². The Kier molecular flexibility index (Phi) is 3.76. The summed E-state index contributed by atoms with van der Waals surface area (Å²) >= 11 is 1.51. The summed E-state index contributed by atoms with van der Waals surface area (Å²) in [5.41, 5.74) is 0.733. The lowest BCUT2D eigenvalue weighted by atomic mass is 10.2. The molecule has 6 heteroatoms. The van der Waals surface area contributed by atoms with Crippen LogP contribution >= 0.6 is 11.3 Å². The van der Waals surface area contributed by atoms with Gasteiger partial charge in [0.15, 0.2) is 0 Å². The molecule has 18 heavy (non-hydrogen) atoms. The maximum absolute atomic E-state index is 11.9. The van der Waals surface area contributed by atoms with Crippen molar-refractivity contribution in [2.24, 2.45) is 0 Å². The van der Waals surface area contributed by atoms with Gasteiger partial charge in [0, 0.05) is 18.0 Å². The Morgan fingerprint density at radius 2 is 2.39 bits per heavy atom. The standard InChI is InChI=1S/C12H14N2O3S/c1-8-13-9(7-18-8)4-5-11(15)14-6-2-3-10(14)12(16)17/h4-5,7,10H,2-3,6H2,1H3,(H,16,17)/t10-/m1/s1. The van der Waals surface area contributed by atoms with Crippen molar-refractivity contribution >= 4 is 29.3 Å². The summed E-state index contributed by atoms with van der Waals surface area (Å²) in [6, 6.07) is -0.681. The van der Waals surface area contributed by atoms with Gasteiger partial charge in [-0.05, 0) is 25.8 Å². The predicted octanol–water partition coefficient (Wildman–Crippen LogP) is 1.54. The molecule has 96 valence electrons. The highest BCUT2D eigenvalue weighted by Crippen LogP contribution is 2.18. The smallest absolute Gasteiger partial charge is 0.326 e. The third-order valence-corrected chi connectivity index (χ3v) is 3.65. The second-order valence-corrected chi connectivity index (χ2v) is 5.21. The van der Waals surface area contributed by atoms with E-state index in [2.05, 4.69) is 4.98 Å². The van der Waals surface area contributed by atoms with Gasteiger partial charge >= 0.3 is 5.97 Å². The molecule has 0 bridgehead atoms. The number of hydrogen-bond acceptors (Lipinski definition) is 4. The third kappa shape index (κ3) is 2.76. The van der Waals surface area contributed by atoms with Crippen molar-refractivity contribution in [3.8, 4) is 0 Å². The molecule has 1 aliphatic heterocycles. The summed E-state index contributed by atoms with van der Waals surface area (Å²) in [4.78, 5) is 28.5. The molecule has 1 saturated heterocycles. The lowest BCUT2D eigenvalue weighted by Gasteiger charge is -2.19. The zero-order valence-corrected chi connectivity index (χ0v) is 10.8. The van der Waals surface area contributed by atoms with Crippen molar-refractivity contribution in [1.29, 1.82) is 0 Å². The van der Waals surface area contributed by atoms with Crippen LogP contribution in [0.4, 0.5) is 0 Å². The van der Waals surface area contributed by atoms with E-state index in [1.54, 1.807) is 6.08 Å². The maximum atomic E-state index is 11.9. The number of hydrogen-bond donors (Lipinski definition) is 1. The van der Waals surface area contributed by atoms with Crippen LogP contribution in [-0.4, -0.2) is 39.5 Å². The second kappa shape index (κ2) is 5.30. The summed E-state index contributed by atoms with van der Waals surface area (Å²) in [6.07, 6.45) is 4.30. The predicted molar refractivity (Wildman–Crippen MR) is 68.3 cm³/mol. The van der Waals surface area contributed by atoms with Gasteiger partial charge in [0.25, 0.3) is 0 Å². The minimum Gasteiger partial charge on any atom is -0.480 e. The number of nitrogens with zero attached hydrogens (tertiary/aromatic N) is 2. The number of rotatable bonds is 3. The number of carboxylic acids is 1. The lowest BCUT2D eigenvalue weighted by Crippen LogP contribution is -2.39. The minimum absolute atomic E-state index is 0.259. The summed E-state index contributed by atoms with van der Waals surface area (Å²) in [5.74, 6) is -1.19. The van der Waals surface area contributed by atoms with Crippen molar-refractivity contribution in [2.75, 3.05) is 6.54 Å². The maximum Gasteiger partial charge on any atom is 0.326 e. The van der Waals surface area contributed by atoms with Gasteiger partial charge in [-0.2, -0.15) is 0 Å². The molecule has 1 fully saturated rings. The van der Waals surface area contributed by atoms with Gasteiger partial charge < -0.3 is 10.0 Å². The van der Waals surface area contributed by atoms with Crippen LogP contribution in [0, 0.1) is 6.92 Å². The second-order valence-electron chi connectivity index (χ2n) is 4.15. The SMILES string of the molecule is Cc1nc(C=CC(=O)N2CCC[C@@H]2C(=O)O)cs1. The molecular formula is C12H14N2O3S. The number of aliphatic carboxylic acids is 1. The van der Waals surface area contributed by atoms with E-state index in [0.29, 0.717) is 13.0 Å². The molecule has 2 rings (SSSR count). The highest BCUT2D eigenvalue weighted by atomic mass is 32.1. The van der Waals surface area contributed by atoms with E-state index < -0.39 is 12.0 Å². The Morgan fingerprint density at radius 3 is 3.00 bits per heavy atom. The van der Waals surface area contributed by atoms with Crippen molar-refractivity contribution in [3.05, 3.63) is 22.2 Å². The normalized spacial score (nSPS) is 19.6. The van der Waals surface area contributed by atoms with E-state index >= 15 is 0 Å². The molecule has 2 heterocycles. The van der Waals surface area contributed by atoms with Gasteiger partial charge in [0.2, 0.25) is 5.91 Å². The fourth-order valence-corrected chi connectivity index (χ4v) is 2.58. The first-order chi connectivity index (χ1) is 8.58. The highest BCUT2D eigenvalue weighted by molar-refractivity contribution is 7.09. The lowest BCUT2D eigenvalue weighted by molar-refractivity contribution is -0.146. The van der Waals surface area contributed by atoms with Crippen LogP contribution in [0.25, 0.3) is 6.08 Å². The molecule has 0 unspecified atom stereocenters. The molecule has 0 aromatic carbocycles. The van der Waals surface area contributed by atoms with Crippen LogP contribution in [0.2, 0.25) is 0 Å². The van der Waals surface area contributed by atoms with Gasteiger partial charge in [0.05, 0.1) is 10.7 Å². The Hall–Kier alpha value is -1.69. The minimum atomic E-state index is -0.932. The first-order valence-electron chi connectivity index (χ1n) is 5.71. The van der Waals surface area contributed by atoms with Gasteiger partial charge in [-0.25, -0.2) is 9.78 Å². The quantitative estimate of drug-likeness (QED) is 0.842. The number of aryl methyl sites for hydroxylation is 1. The summed E-state index contributed by atoms with van der Waals surface area (Å²) < 4.78 is 0. The Labute approximate surface area is 109 Å². The Morgan fingerprint density at radius 1 is 1.61 bits per heavy atom. The number of carboxylic acid groups (broad SMARTS) is 1. The van der Waals surface area contributed by atoms with Crippen LogP contribution in [0.3, 0.4) is 0 Å². The van der Waals surface area contributed by atoms with Crippen LogP contribution < -0.4 is 0 Å². The summed E-state index contributed by atoms with van der Waals surface area (Å²) in [7, 11) is 0. The largest absolute Gasteiger partial charge is 0.480 e. The van der Waals surface area contributed by atoms with Crippen LogP contribution in [-0.2, 0) is 9.59 Å². The molecular weight excluding hydrogens is 252 g/mol. The fraction of sp³-hybridized carbons (Fsp3) is 0.417. The van der Waals surface area contributed by atoms with Crippen LogP contribution in [0.1, 0.15) is 23.5 Å². The van der Waals surface area contributed by atoms with Crippen molar-refractivity contribution in [3.63, 3.8) is 0 Å². The number of aromatic nitrogens is 1. The van der Waals surface area contributed by atoms with Crippen LogP contribution in [0.5, 0.6) is 0 Å². The van der Waals surface area contributed by atoms with Crippen molar-refractivity contribution < 1.29 is 14.7 Å². The molecule has 0 spiro atoms. The monoisotopic (exact) mass is 266 g/mol. The topological polar surface area (TPSA) is 70.5 Å². The molecule has 0 radical (unpaired) electrons. The summed E-state index contributed by atoms with van der Waals surface area (Å²) in [5, 5.41) is 11.8. The number of likely N-dealkylation sites (tertiary alicyclic amines) is 1. The average Bonchev–Trinajstić information content (AvgIpc) is 2.94. The van der Waals surface area contributed by atoms with Gasteiger partial charge in [-0.1, -0.05) is 0 Å². The number of thiazole rings is 1. The third-order valence-electron chi connectivity index (χ3n) is 2.85. The zero-order valence-electron chi connectivity index (χ0n) is 10.00. The van der Waals surface area contributed by atoms with E-state index in [1.165, 1.54) is 22.3 Å². The van der Waals surface area contributed by atoms with E-state index in [0.717, 1.165) is 17.1 Å². The Bertz CT molecular complexity index is 495. The first-order valence-corrected chi connectivity index (χ1v) is 6.59. The molecule has 0 saturated carbocycles. The average molecular weight is 266 g/mol. The Balaban J connectivity index is 2.03. The van der Waals surface area contributed by atoms with Crippen LogP contribution in [0.15, 0.2) is 11.5 Å². The molecule has 1 aliphatic rings. The molecule has 1 amide bonds. The van der Waals surface area contributed by atoms with Crippen molar-refractivity contribution in [1.82, 2.24) is 9.88 Å². The molecule has 5 nitrogen and oxygen atoms in total. The van der Waals surface area contributed by atoms with E-state index in [4.69, 9.17) is 5.11 Å². The van der Waals surface area contributed by atoms with Crippen molar-refractivity contribution in [2.45, 2.75) is 25.8 Å². The van der Waals surface area contributed by atoms with E-state index in [-0.39, 0.29) is 5.91 Å². The van der Waals surface area contributed by atoms with Gasteiger partial charge in [-0.15, -0.1) is 11.3 Å². The highest BCUT2D eigenvalue weighted by Gasteiger charge is 2.32. The zero-order chi connectivity index (χ0) is 13.1. The number of carbonyl (C=O) groups is 2.